The molecular formula is C11H17FN2O2S. The Hall–Kier alpha value is -1.14. The van der Waals surface area contributed by atoms with Crippen LogP contribution in [-0.2, 0) is 10.0 Å². The van der Waals surface area contributed by atoms with Crippen LogP contribution in [0.25, 0.3) is 0 Å². The lowest BCUT2D eigenvalue weighted by Gasteiger charge is -2.09. The van der Waals surface area contributed by atoms with E-state index in [-0.39, 0.29) is 11.6 Å². The summed E-state index contributed by atoms with van der Waals surface area (Å²) < 4.78 is 38.7. The van der Waals surface area contributed by atoms with Crippen molar-refractivity contribution >= 4 is 15.7 Å². The van der Waals surface area contributed by atoms with Crippen LogP contribution in [0, 0.1) is 12.7 Å². The Morgan fingerprint density at radius 1 is 1.35 bits per heavy atom. The van der Waals surface area contributed by atoms with E-state index in [4.69, 9.17) is 0 Å². The number of benzene rings is 1. The van der Waals surface area contributed by atoms with Gasteiger partial charge >= 0.3 is 0 Å². The summed E-state index contributed by atoms with van der Waals surface area (Å²) >= 11 is 0. The van der Waals surface area contributed by atoms with Crippen molar-refractivity contribution in [2.75, 3.05) is 23.6 Å². The van der Waals surface area contributed by atoms with E-state index in [2.05, 4.69) is 10.0 Å². The summed E-state index contributed by atoms with van der Waals surface area (Å²) in [4.78, 5) is 0. The smallest absolute Gasteiger partial charge is 0.233 e. The SMILES string of the molecule is CCNCCS(=O)(=O)Nc1ccc(F)c(C)c1. The first kappa shape index (κ1) is 13.9. The van der Waals surface area contributed by atoms with Gasteiger partial charge in [0.15, 0.2) is 0 Å². The van der Waals surface area contributed by atoms with Crippen molar-refractivity contribution in [3.8, 4) is 0 Å². The van der Waals surface area contributed by atoms with Gasteiger partial charge in [0.25, 0.3) is 0 Å². The molecule has 0 radical (unpaired) electrons. The first-order chi connectivity index (χ1) is 7.94. The third-order valence-electron chi connectivity index (χ3n) is 2.23. The molecule has 0 bridgehead atoms. The van der Waals surface area contributed by atoms with Gasteiger partial charge in [-0.25, -0.2) is 12.8 Å². The zero-order valence-electron chi connectivity index (χ0n) is 9.96. The maximum absolute atomic E-state index is 13.0. The fraction of sp³-hybridized carbons (Fsp3) is 0.455. The maximum atomic E-state index is 13.0. The molecule has 96 valence electrons. The third-order valence-corrected chi connectivity index (χ3v) is 3.52. The number of aryl methyl sites for hydroxylation is 1. The Bertz CT molecular complexity index is 474. The molecule has 0 fully saturated rings. The summed E-state index contributed by atoms with van der Waals surface area (Å²) in [6.07, 6.45) is 0. The normalized spacial score (nSPS) is 11.5. The molecule has 0 saturated heterocycles. The largest absolute Gasteiger partial charge is 0.316 e. The average molecular weight is 260 g/mol. The van der Waals surface area contributed by atoms with Gasteiger partial charge in [-0.3, -0.25) is 4.72 Å². The number of rotatable bonds is 6. The Labute approximate surface area is 101 Å². The highest BCUT2D eigenvalue weighted by molar-refractivity contribution is 7.92. The molecule has 17 heavy (non-hydrogen) atoms. The predicted octanol–water partition coefficient (Wildman–Crippen LogP) is 1.49. The van der Waals surface area contributed by atoms with Gasteiger partial charge in [0.05, 0.1) is 5.75 Å². The molecule has 0 amide bonds. The van der Waals surface area contributed by atoms with Crippen molar-refractivity contribution in [3.05, 3.63) is 29.6 Å². The Morgan fingerprint density at radius 3 is 2.65 bits per heavy atom. The minimum absolute atomic E-state index is 0.00271. The van der Waals surface area contributed by atoms with E-state index in [1.54, 1.807) is 6.92 Å². The Morgan fingerprint density at radius 2 is 2.06 bits per heavy atom. The number of sulfonamides is 1. The summed E-state index contributed by atoms with van der Waals surface area (Å²) in [6, 6.07) is 4.13. The quantitative estimate of drug-likeness (QED) is 0.762. The average Bonchev–Trinajstić information content (AvgIpc) is 2.23. The first-order valence-electron chi connectivity index (χ1n) is 5.42. The molecule has 1 aromatic carbocycles. The lowest BCUT2D eigenvalue weighted by atomic mass is 10.2. The predicted molar refractivity (Wildman–Crippen MR) is 67.1 cm³/mol. The van der Waals surface area contributed by atoms with Gasteiger partial charge < -0.3 is 5.32 Å². The van der Waals surface area contributed by atoms with Crippen molar-refractivity contribution in [1.82, 2.24) is 5.32 Å². The maximum Gasteiger partial charge on any atom is 0.233 e. The lowest BCUT2D eigenvalue weighted by molar-refractivity contribution is 0.597. The molecule has 1 aromatic rings. The van der Waals surface area contributed by atoms with Crippen LogP contribution in [0.15, 0.2) is 18.2 Å². The van der Waals surface area contributed by atoms with Gasteiger partial charge in [0.2, 0.25) is 10.0 Å². The molecule has 4 nitrogen and oxygen atoms in total. The van der Waals surface area contributed by atoms with Gasteiger partial charge in [0.1, 0.15) is 5.82 Å². The van der Waals surface area contributed by atoms with E-state index in [1.165, 1.54) is 18.2 Å². The van der Waals surface area contributed by atoms with Crippen LogP contribution in [-0.4, -0.2) is 27.3 Å². The second kappa shape index (κ2) is 5.97. The lowest BCUT2D eigenvalue weighted by Crippen LogP contribution is -2.26. The van der Waals surface area contributed by atoms with Crippen LogP contribution in [0.2, 0.25) is 0 Å². The molecular weight excluding hydrogens is 243 g/mol. The molecule has 0 aliphatic rings. The number of nitrogens with one attached hydrogen (secondary N) is 2. The third kappa shape index (κ3) is 4.70. The molecule has 0 aliphatic heterocycles. The van der Waals surface area contributed by atoms with Crippen molar-refractivity contribution in [2.24, 2.45) is 0 Å². The van der Waals surface area contributed by atoms with Gasteiger partial charge in [-0.1, -0.05) is 6.92 Å². The first-order valence-corrected chi connectivity index (χ1v) is 7.07. The standard InChI is InChI=1S/C11H17FN2O2S/c1-3-13-6-7-17(15,16)14-10-4-5-11(12)9(2)8-10/h4-5,8,13-14H,3,6-7H2,1-2H3. The van der Waals surface area contributed by atoms with E-state index in [0.717, 1.165) is 6.54 Å². The molecule has 0 spiro atoms. The van der Waals surface area contributed by atoms with Gasteiger partial charge in [-0.05, 0) is 37.2 Å². The molecule has 0 aromatic heterocycles. The highest BCUT2D eigenvalue weighted by atomic mass is 32.2. The highest BCUT2D eigenvalue weighted by Gasteiger charge is 2.10. The van der Waals surface area contributed by atoms with Crippen molar-refractivity contribution < 1.29 is 12.8 Å². The van der Waals surface area contributed by atoms with Crippen LogP contribution >= 0.6 is 0 Å². The topological polar surface area (TPSA) is 58.2 Å². The molecule has 2 N–H and O–H groups in total. The molecule has 1 rings (SSSR count). The molecule has 6 heteroatoms. The number of halogens is 1. The van der Waals surface area contributed by atoms with E-state index in [9.17, 15) is 12.8 Å². The van der Waals surface area contributed by atoms with E-state index < -0.39 is 10.0 Å². The number of hydrogen-bond acceptors (Lipinski definition) is 3. The van der Waals surface area contributed by atoms with Crippen molar-refractivity contribution in [1.29, 1.82) is 0 Å². The summed E-state index contributed by atoms with van der Waals surface area (Å²) in [6.45, 7) is 4.62. The van der Waals surface area contributed by atoms with Crippen LogP contribution in [0.4, 0.5) is 10.1 Å². The van der Waals surface area contributed by atoms with E-state index in [1.807, 2.05) is 6.92 Å². The summed E-state index contributed by atoms with van der Waals surface area (Å²) in [5.74, 6) is -0.349. The Balaban J connectivity index is 2.66. The molecule has 0 unspecified atom stereocenters. The van der Waals surface area contributed by atoms with Gasteiger partial charge in [-0.2, -0.15) is 0 Å². The number of anilines is 1. The Kier molecular flexibility index (Phi) is 4.89. The van der Waals surface area contributed by atoms with Gasteiger partial charge in [-0.15, -0.1) is 0 Å². The molecule has 0 aliphatic carbocycles. The zero-order chi connectivity index (χ0) is 12.9. The van der Waals surface area contributed by atoms with E-state index >= 15 is 0 Å². The van der Waals surface area contributed by atoms with E-state index in [0.29, 0.717) is 17.8 Å². The fourth-order valence-corrected chi connectivity index (χ4v) is 2.32. The second-order valence-corrected chi connectivity index (χ2v) is 5.58. The monoisotopic (exact) mass is 260 g/mol. The highest BCUT2D eigenvalue weighted by Crippen LogP contribution is 2.14. The summed E-state index contributed by atoms with van der Waals surface area (Å²) in [5.41, 5.74) is 0.803. The fourth-order valence-electron chi connectivity index (χ4n) is 1.32. The van der Waals surface area contributed by atoms with Crippen LogP contribution in [0.3, 0.4) is 0 Å². The second-order valence-electron chi connectivity index (χ2n) is 3.74. The van der Waals surface area contributed by atoms with Crippen molar-refractivity contribution in [3.63, 3.8) is 0 Å². The van der Waals surface area contributed by atoms with Gasteiger partial charge in [0, 0.05) is 12.2 Å². The zero-order valence-corrected chi connectivity index (χ0v) is 10.8. The summed E-state index contributed by atoms with van der Waals surface area (Å²) in [7, 11) is -3.37. The van der Waals surface area contributed by atoms with Crippen molar-refractivity contribution in [2.45, 2.75) is 13.8 Å². The molecule has 0 atom stereocenters. The summed E-state index contributed by atoms with van der Waals surface area (Å²) in [5, 5.41) is 2.93. The molecule has 0 saturated carbocycles. The van der Waals surface area contributed by atoms with Crippen LogP contribution < -0.4 is 10.0 Å². The minimum atomic E-state index is -3.37. The van der Waals surface area contributed by atoms with Crippen LogP contribution in [0.1, 0.15) is 12.5 Å². The van der Waals surface area contributed by atoms with Crippen LogP contribution in [0.5, 0.6) is 0 Å². The number of hydrogen-bond donors (Lipinski definition) is 2. The minimum Gasteiger partial charge on any atom is -0.316 e. The molecule has 0 heterocycles.